The van der Waals surface area contributed by atoms with Crippen molar-refractivity contribution in [1.82, 2.24) is 4.90 Å². The van der Waals surface area contributed by atoms with Gasteiger partial charge in [0, 0.05) is 13.1 Å². The summed E-state index contributed by atoms with van der Waals surface area (Å²) in [6.07, 6.45) is 4.01. The Bertz CT molecular complexity index is 302. The fourth-order valence-electron chi connectivity index (χ4n) is 3.22. The second kappa shape index (κ2) is 3.10. The van der Waals surface area contributed by atoms with E-state index in [0.29, 0.717) is 10.8 Å². The summed E-state index contributed by atoms with van der Waals surface area (Å²) in [5.74, 6) is 0.871. The van der Waals surface area contributed by atoms with Crippen LogP contribution in [0.15, 0.2) is 12.7 Å². The predicted octanol–water partition coefficient (Wildman–Crippen LogP) is 2.46. The molecule has 1 amide bonds. The molecule has 1 heterocycles. The molecule has 0 bridgehead atoms. The topological polar surface area (TPSA) is 20.3 Å². The molecule has 0 aromatic heterocycles. The summed E-state index contributed by atoms with van der Waals surface area (Å²) in [6, 6.07) is 0. The van der Waals surface area contributed by atoms with Gasteiger partial charge >= 0.3 is 0 Å². The fourth-order valence-corrected chi connectivity index (χ4v) is 3.22. The highest BCUT2D eigenvalue weighted by Crippen LogP contribution is 2.62. The van der Waals surface area contributed by atoms with Gasteiger partial charge in [0.25, 0.3) is 0 Å². The summed E-state index contributed by atoms with van der Waals surface area (Å²) in [4.78, 5) is 13.5. The van der Waals surface area contributed by atoms with Crippen LogP contribution in [-0.2, 0) is 4.79 Å². The second-order valence-corrected chi connectivity index (χ2v) is 6.42. The van der Waals surface area contributed by atoms with Crippen molar-refractivity contribution in [3.05, 3.63) is 12.7 Å². The molecular weight excluding hydrogens is 186 g/mol. The Balaban J connectivity index is 1.99. The van der Waals surface area contributed by atoms with Crippen molar-refractivity contribution in [2.75, 3.05) is 13.1 Å². The lowest BCUT2D eigenvalue weighted by molar-refractivity contribution is -0.125. The van der Waals surface area contributed by atoms with Crippen LogP contribution in [0.4, 0.5) is 0 Å². The molecule has 0 radical (unpaired) electrons. The van der Waals surface area contributed by atoms with Crippen molar-refractivity contribution in [1.29, 1.82) is 0 Å². The van der Waals surface area contributed by atoms with E-state index in [1.165, 1.54) is 18.9 Å². The van der Waals surface area contributed by atoms with E-state index < -0.39 is 0 Å². The summed E-state index contributed by atoms with van der Waals surface area (Å²) >= 11 is 0. The standard InChI is InChI=1S/C13H21NO/c1-5-11(15)14-7-10-6-13(10,9-14)8-12(2,3)4/h5,10H,1,6-9H2,2-4H3. The SMILES string of the molecule is C=CC(=O)N1CC2CC2(CC(C)(C)C)C1. The molecule has 2 heteroatoms. The van der Waals surface area contributed by atoms with Crippen LogP contribution in [0.3, 0.4) is 0 Å². The zero-order chi connectivity index (χ0) is 11.3. The molecule has 0 spiro atoms. The van der Waals surface area contributed by atoms with E-state index in [0.717, 1.165) is 19.0 Å². The molecule has 2 aliphatic rings. The van der Waals surface area contributed by atoms with Gasteiger partial charge in [-0.15, -0.1) is 0 Å². The van der Waals surface area contributed by atoms with Crippen molar-refractivity contribution >= 4 is 5.91 Å². The third-order valence-corrected chi connectivity index (χ3v) is 3.67. The maximum Gasteiger partial charge on any atom is 0.245 e. The molecule has 0 aromatic rings. The summed E-state index contributed by atoms with van der Waals surface area (Å²) < 4.78 is 0. The van der Waals surface area contributed by atoms with Crippen LogP contribution in [0.2, 0.25) is 0 Å². The lowest BCUT2D eigenvalue weighted by atomic mass is 9.82. The van der Waals surface area contributed by atoms with Gasteiger partial charge in [-0.05, 0) is 35.7 Å². The Morgan fingerprint density at radius 1 is 1.60 bits per heavy atom. The normalized spacial score (nSPS) is 33.8. The lowest BCUT2D eigenvalue weighted by Gasteiger charge is -2.26. The smallest absolute Gasteiger partial charge is 0.245 e. The summed E-state index contributed by atoms with van der Waals surface area (Å²) in [7, 11) is 0. The van der Waals surface area contributed by atoms with Crippen LogP contribution < -0.4 is 0 Å². The molecule has 2 rings (SSSR count). The Hall–Kier alpha value is -0.790. The number of carbonyl (C=O) groups is 1. The molecule has 1 saturated heterocycles. The molecule has 1 aliphatic carbocycles. The van der Waals surface area contributed by atoms with Crippen molar-refractivity contribution in [3.63, 3.8) is 0 Å². The van der Waals surface area contributed by atoms with Gasteiger partial charge < -0.3 is 4.90 Å². The van der Waals surface area contributed by atoms with Gasteiger partial charge in [-0.2, -0.15) is 0 Å². The minimum Gasteiger partial charge on any atom is -0.338 e. The number of likely N-dealkylation sites (tertiary alicyclic amines) is 1. The van der Waals surface area contributed by atoms with Gasteiger partial charge in [-0.1, -0.05) is 27.4 Å². The van der Waals surface area contributed by atoms with E-state index in [2.05, 4.69) is 27.4 Å². The first-order chi connectivity index (χ1) is 6.86. The van der Waals surface area contributed by atoms with Gasteiger partial charge in [-0.3, -0.25) is 4.79 Å². The first kappa shape index (κ1) is 10.7. The first-order valence-electron chi connectivity index (χ1n) is 5.78. The van der Waals surface area contributed by atoms with Crippen LogP contribution in [0.5, 0.6) is 0 Å². The second-order valence-electron chi connectivity index (χ2n) is 6.42. The maximum absolute atomic E-state index is 11.5. The highest BCUT2D eigenvalue weighted by atomic mass is 16.2. The van der Waals surface area contributed by atoms with E-state index in [-0.39, 0.29) is 5.91 Å². The van der Waals surface area contributed by atoms with E-state index >= 15 is 0 Å². The van der Waals surface area contributed by atoms with Crippen LogP contribution in [0, 0.1) is 16.7 Å². The highest BCUT2D eigenvalue weighted by Gasteiger charge is 2.61. The Kier molecular flexibility index (Phi) is 2.21. The zero-order valence-corrected chi connectivity index (χ0v) is 10.0. The van der Waals surface area contributed by atoms with Crippen LogP contribution >= 0.6 is 0 Å². The number of nitrogens with zero attached hydrogens (tertiary/aromatic N) is 1. The van der Waals surface area contributed by atoms with Crippen molar-refractivity contribution < 1.29 is 4.79 Å². The monoisotopic (exact) mass is 207 g/mol. The van der Waals surface area contributed by atoms with Gasteiger partial charge in [-0.25, -0.2) is 0 Å². The van der Waals surface area contributed by atoms with E-state index in [1.807, 2.05) is 4.90 Å². The largest absolute Gasteiger partial charge is 0.338 e. The lowest BCUT2D eigenvalue weighted by Crippen LogP contribution is -2.31. The van der Waals surface area contributed by atoms with E-state index in [4.69, 9.17) is 0 Å². The number of hydrogen-bond acceptors (Lipinski definition) is 1. The van der Waals surface area contributed by atoms with Gasteiger partial charge in [0.05, 0.1) is 0 Å². The zero-order valence-electron chi connectivity index (χ0n) is 10.0. The molecule has 0 N–H and O–H groups in total. The molecular formula is C13H21NO. The molecule has 2 nitrogen and oxygen atoms in total. The molecule has 2 unspecified atom stereocenters. The van der Waals surface area contributed by atoms with Crippen molar-refractivity contribution in [3.8, 4) is 0 Å². The van der Waals surface area contributed by atoms with Crippen LogP contribution in [0.25, 0.3) is 0 Å². The Morgan fingerprint density at radius 2 is 2.27 bits per heavy atom. The van der Waals surface area contributed by atoms with E-state index in [9.17, 15) is 4.79 Å². The fraction of sp³-hybridized carbons (Fsp3) is 0.769. The van der Waals surface area contributed by atoms with Gasteiger partial charge in [0.1, 0.15) is 0 Å². The average Bonchev–Trinajstić information content (AvgIpc) is 2.62. The van der Waals surface area contributed by atoms with E-state index in [1.54, 1.807) is 0 Å². The van der Waals surface area contributed by atoms with Crippen molar-refractivity contribution in [2.45, 2.75) is 33.6 Å². The number of fused-ring (bicyclic) bond motifs is 1. The third kappa shape index (κ3) is 1.95. The summed E-state index contributed by atoms with van der Waals surface area (Å²) in [5.41, 5.74) is 0.832. The number of carbonyl (C=O) groups excluding carboxylic acids is 1. The molecule has 2 atom stereocenters. The predicted molar refractivity (Wildman–Crippen MR) is 61.4 cm³/mol. The molecule has 1 saturated carbocycles. The highest BCUT2D eigenvalue weighted by molar-refractivity contribution is 5.87. The quantitative estimate of drug-likeness (QED) is 0.637. The third-order valence-electron chi connectivity index (χ3n) is 3.67. The van der Waals surface area contributed by atoms with Gasteiger partial charge in [0.2, 0.25) is 5.91 Å². The average molecular weight is 207 g/mol. The number of rotatable bonds is 2. The minimum atomic E-state index is 0.107. The van der Waals surface area contributed by atoms with Crippen molar-refractivity contribution in [2.24, 2.45) is 16.7 Å². The van der Waals surface area contributed by atoms with Crippen LogP contribution in [0.1, 0.15) is 33.6 Å². The summed E-state index contributed by atoms with van der Waals surface area (Å²) in [6.45, 7) is 12.3. The first-order valence-corrected chi connectivity index (χ1v) is 5.78. The van der Waals surface area contributed by atoms with Gasteiger partial charge in [0.15, 0.2) is 0 Å². The molecule has 1 aliphatic heterocycles. The maximum atomic E-state index is 11.5. The molecule has 84 valence electrons. The van der Waals surface area contributed by atoms with Crippen LogP contribution in [-0.4, -0.2) is 23.9 Å². The number of amides is 1. The molecule has 15 heavy (non-hydrogen) atoms. The Morgan fingerprint density at radius 3 is 2.80 bits per heavy atom. The summed E-state index contributed by atoms with van der Waals surface area (Å²) in [5, 5.41) is 0. The minimum absolute atomic E-state index is 0.107. The number of piperidine rings is 1. The number of hydrogen-bond donors (Lipinski definition) is 0. The molecule has 2 fully saturated rings. The Labute approximate surface area is 92.3 Å². The molecule has 0 aromatic carbocycles.